The van der Waals surface area contributed by atoms with E-state index in [-0.39, 0.29) is 18.3 Å². The van der Waals surface area contributed by atoms with Crippen molar-refractivity contribution in [2.45, 2.75) is 38.7 Å². The van der Waals surface area contributed by atoms with Crippen LogP contribution in [-0.4, -0.2) is 52.8 Å². The summed E-state index contributed by atoms with van der Waals surface area (Å²) < 4.78 is 5.35. The van der Waals surface area contributed by atoms with Crippen molar-refractivity contribution in [2.24, 2.45) is 11.8 Å². The number of aliphatic carboxylic acids is 1. The molecule has 2 heterocycles. The first kappa shape index (κ1) is 25.7. The SMILES string of the molecule is COc1ccc2nccc([C@@H](O)CC[C@@H]3CCN(CC#Cc4ccccc4C)C[C@@H]3CC(=O)O)c2c1. The van der Waals surface area contributed by atoms with Crippen molar-refractivity contribution in [3.63, 3.8) is 0 Å². The summed E-state index contributed by atoms with van der Waals surface area (Å²) in [4.78, 5) is 18.3. The molecule has 0 radical (unpaired) electrons. The van der Waals surface area contributed by atoms with Crippen LogP contribution in [0, 0.1) is 30.6 Å². The minimum absolute atomic E-state index is 0.0398. The summed E-state index contributed by atoms with van der Waals surface area (Å²) in [7, 11) is 1.62. The van der Waals surface area contributed by atoms with E-state index < -0.39 is 12.1 Å². The fraction of sp³-hybridized carbons (Fsp3) is 0.400. The van der Waals surface area contributed by atoms with Crippen molar-refractivity contribution in [1.29, 1.82) is 0 Å². The summed E-state index contributed by atoms with van der Waals surface area (Å²) >= 11 is 0. The molecule has 1 aliphatic heterocycles. The van der Waals surface area contributed by atoms with Crippen LogP contribution in [-0.2, 0) is 4.79 Å². The lowest BCUT2D eigenvalue weighted by molar-refractivity contribution is -0.139. The van der Waals surface area contributed by atoms with E-state index in [9.17, 15) is 15.0 Å². The van der Waals surface area contributed by atoms with E-state index in [4.69, 9.17) is 4.74 Å². The molecule has 1 fully saturated rings. The number of hydrogen-bond acceptors (Lipinski definition) is 5. The van der Waals surface area contributed by atoms with Gasteiger partial charge in [-0.15, -0.1) is 0 Å². The van der Waals surface area contributed by atoms with Crippen molar-refractivity contribution in [3.05, 3.63) is 71.4 Å². The number of aliphatic hydroxyl groups is 1. The van der Waals surface area contributed by atoms with Crippen LogP contribution in [0.5, 0.6) is 5.75 Å². The number of carboxylic acid groups (broad SMARTS) is 1. The zero-order valence-electron chi connectivity index (χ0n) is 21.0. The third kappa shape index (κ3) is 6.42. The van der Waals surface area contributed by atoms with Crippen molar-refractivity contribution >= 4 is 16.9 Å². The smallest absolute Gasteiger partial charge is 0.303 e. The molecule has 36 heavy (non-hydrogen) atoms. The number of fused-ring (bicyclic) bond motifs is 1. The Hall–Kier alpha value is -3.40. The standard InChI is InChI=1S/C30H34N2O4/c1-21-6-3-4-7-22(21)8-5-16-32-17-14-23(24(20-32)18-30(34)35)9-12-29(33)26-13-15-31-28-11-10-25(36-2)19-27(26)28/h3-4,6-7,10-11,13,15,19,23-24,29,33H,9,12,14,16-18,20H2,1-2H3,(H,34,35)/t23-,24+,29+/m1/s1. The van der Waals surface area contributed by atoms with Gasteiger partial charge in [0.25, 0.3) is 0 Å². The molecule has 6 nitrogen and oxygen atoms in total. The third-order valence-electron chi connectivity index (χ3n) is 7.24. The molecule has 188 valence electrons. The number of likely N-dealkylation sites (tertiary alicyclic amines) is 1. The Morgan fingerprint density at radius 3 is 2.83 bits per heavy atom. The van der Waals surface area contributed by atoms with Gasteiger partial charge >= 0.3 is 5.97 Å². The van der Waals surface area contributed by atoms with Gasteiger partial charge in [0.1, 0.15) is 5.75 Å². The highest BCUT2D eigenvalue weighted by atomic mass is 16.5. The summed E-state index contributed by atoms with van der Waals surface area (Å²) in [6, 6.07) is 15.6. The van der Waals surface area contributed by atoms with Crippen LogP contribution in [0.1, 0.15) is 48.5 Å². The number of aliphatic hydroxyl groups excluding tert-OH is 1. The van der Waals surface area contributed by atoms with E-state index in [0.29, 0.717) is 19.5 Å². The summed E-state index contributed by atoms with van der Waals surface area (Å²) in [5.74, 6) is 6.77. The topological polar surface area (TPSA) is 82.9 Å². The second kappa shape index (κ2) is 12.0. The lowest BCUT2D eigenvalue weighted by Crippen LogP contribution is -2.41. The maximum Gasteiger partial charge on any atom is 0.303 e. The number of rotatable bonds is 8. The zero-order chi connectivity index (χ0) is 25.5. The van der Waals surface area contributed by atoms with Crippen molar-refractivity contribution < 1.29 is 19.7 Å². The van der Waals surface area contributed by atoms with Gasteiger partial charge in [0.05, 0.1) is 25.3 Å². The van der Waals surface area contributed by atoms with Crippen LogP contribution < -0.4 is 4.74 Å². The number of benzene rings is 2. The number of carboxylic acids is 1. The van der Waals surface area contributed by atoms with Gasteiger partial charge in [-0.3, -0.25) is 14.7 Å². The minimum atomic E-state index is -0.773. The van der Waals surface area contributed by atoms with Crippen molar-refractivity contribution in [2.75, 3.05) is 26.7 Å². The monoisotopic (exact) mass is 486 g/mol. The van der Waals surface area contributed by atoms with Gasteiger partial charge in [-0.1, -0.05) is 30.0 Å². The van der Waals surface area contributed by atoms with Crippen LogP contribution in [0.15, 0.2) is 54.7 Å². The van der Waals surface area contributed by atoms with Crippen LogP contribution >= 0.6 is 0 Å². The molecule has 0 spiro atoms. The Balaban J connectivity index is 1.39. The molecular formula is C30H34N2O4. The maximum atomic E-state index is 11.6. The number of methoxy groups -OCH3 is 1. The molecule has 0 bridgehead atoms. The lowest BCUT2D eigenvalue weighted by Gasteiger charge is -2.37. The predicted octanol–water partition coefficient (Wildman–Crippen LogP) is 4.83. The van der Waals surface area contributed by atoms with Crippen LogP contribution in [0.3, 0.4) is 0 Å². The summed E-state index contributed by atoms with van der Waals surface area (Å²) in [5, 5.41) is 21.5. The highest BCUT2D eigenvalue weighted by molar-refractivity contribution is 5.83. The highest BCUT2D eigenvalue weighted by Gasteiger charge is 2.31. The second-order valence-electron chi connectivity index (χ2n) is 9.63. The van der Waals surface area contributed by atoms with Gasteiger partial charge in [0, 0.05) is 30.1 Å². The molecule has 0 unspecified atom stereocenters. The number of nitrogens with zero attached hydrogens (tertiary/aromatic N) is 2. The number of ether oxygens (including phenoxy) is 1. The molecular weight excluding hydrogens is 452 g/mol. The molecule has 2 N–H and O–H groups in total. The fourth-order valence-electron chi connectivity index (χ4n) is 5.19. The minimum Gasteiger partial charge on any atom is -0.497 e. The molecule has 0 saturated carbocycles. The second-order valence-corrected chi connectivity index (χ2v) is 9.63. The number of carbonyl (C=O) groups is 1. The first-order chi connectivity index (χ1) is 17.4. The molecule has 1 aliphatic rings. The Morgan fingerprint density at radius 1 is 1.22 bits per heavy atom. The van der Waals surface area contributed by atoms with Gasteiger partial charge in [0.15, 0.2) is 0 Å². The lowest BCUT2D eigenvalue weighted by atomic mass is 9.79. The maximum absolute atomic E-state index is 11.6. The van der Waals surface area contributed by atoms with Gasteiger partial charge in [0.2, 0.25) is 0 Å². The van der Waals surface area contributed by atoms with Crippen LogP contribution in [0.2, 0.25) is 0 Å². The third-order valence-corrected chi connectivity index (χ3v) is 7.24. The number of pyridine rings is 1. The first-order valence-corrected chi connectivity index (χ1v) is 12.5. The Kier molecular flexibility index (Phi) is 8.58. The predicted molar refractivity (Wildman–Crippen MR) is 141 cm³/mol. The van der Waals surface area contributed by atoms with Gasteiger partial charge in [-0.05, 0) is 86.0 Å². The normalized spacial score (nSPS) is 18.9. The molecule has 2 aromatic carbocycles. The van der Waals surface area contributed by atoms with Crippen molar-refractivity contribution in [1.82, 2.24) is 9.88 Å². The molecule has 0 aliphatic carbocycles. The molecule has 3 aromatic rings. The van der Waals surface area contributed by atoms with Crippen molar-refractivity contribution in [3.8, 4) is 17.6 Å². The number of aromatic nitrogens is 1. The largest absolute Gasteiger partial charge is 0.497 e. The van der Waals surface area contributed by atoms with Gasteiger partial charge in [-0.2, -0.15) is 0 Å². The van der Waals surface area contributed by atoms with Gasteiger partial charge < -0.3 is 14.9 Å². The molecule has 3 atom stereocenters. The highest BCUT2D eigenvalue weighted by Crippen LogP contribution is 2.34. The van der Waals surface area contributed by atoms with Gasteiger partial charge in [-0.25, -0.2) is 0 Å². The van der Waals surface area contributed by atoms with E-state index in [1.807, 2.05) is 42.5 Å². The van der Waals surface area contributed by atoms with E-state index in [0.717, 1.165) is 52.7 Å². The van der Waals surface area contributed by atoms with Crippen LogP contribution in [0.25, 0.3) is 10.9 Å². The average molecular weight is 487 g/mol. The summed E-state index contributed by atoms with van der Waals surface area (Å²) in [6.07, 6.45) is 3.46. The van der Waals surface area contributed by atoms with E-state index in [1.165, 1.54) is 0 Å². The van der Waals surface area contributed by atoms with Crippen LogP contribution in [0.4, 0.5) is 0 Å². The Bertz CT molecular complexity index is 1260. The average Bonchev–Trinajstić information content (AvgIpc) is 2.88. The summed E-state index contributed by atoms with van der Waals surface area (Å²) in [5.41, 5.74) is 3.84. The molecule has 4 rings (SSSR count). The first-order valence-electron chi connectivity index (χ1n) is 12.5. The quantitative estimate of drug-likeness (QED) is 0.444. The zero-order valence-corrected chi connectivity index (χ0v) is 21.0. The number of piperidine rings is 1. The summed E-state index contributed by atoms with van der Waals surface area (Å²) in [6.45, 7) is 4.28. The Labute approximate surface area is 212 Å². The fourth-order valence-corrected chi connectivity index (χ4v) is 5.19. The number of aryl methyl sites for hydroxylation is 1. The number of hydrogen-bond donors (Lipinski definition) is 2. The van der Waals surface area contributed by atoms with E-state index >= 15 is 0 Å². The van der Waals surface area contributed by atoms with E-state index in [1.54, 1.807) is 13.3 Å². The molecule has 6 heteroatoms. The Morgan fingerprint density at radius 2 is 2.06 bits per heavy atom. The molecule has 1 aromatic heterocycles. The molecule has 1 saturated heterocycles. The molecule has 0 amide bonds. The van der Waals surface area contributed by atoms with E-state index in [2.05, 4.69) is 34.7 Å².